The lowest BCUT2D eigenvalue weighted by Gasteiger charge is -2.24. The summed E-state index contributed by atoms with van der Waals surface area (Å²) in [5, 5.41) is 6.90. The van der Waals surface area contributed by atoms with Crippen LogP contribution >= 0.6 is 0 Å². The molecule has 3 aromatic rings. The van der Waals surface area contributed by atoms with E-state index in [9.17, 15) is 4.79 Å². The highest BCUT2D eigenvalue weighted by atomic mass is 16.5. The van der Waals surface area contributed by atoms with Gasteiger partial charge in [-0.1, -0.05) is 17.3 Å². The molecule has 0 spiro atoms. The average molecular weight is 340 g/mol. The quantitative estimate of drug-likeness (QED) is 0.780. The first-order valence-corrected chi connectivity index (χ1v) is 8.47. The molecule has 0 aliphatic carbocycles. The number of aryl methyl sites for hydroxylation is 2. The number of anilines is 1. The van der Waals surface area contributed by atoms with Crippen molar-refractivity contribution < 1.29 is 9.32 Å². The predicted octanol–water partition coefficient (Wildman–Crippen LogP) is 3.97. The summed E-state index contributed by atoms with van der Waals surface area (Å²) in [5.74, 6) is 1.28. The van der Waals surface area contributed by atoms with Crippen molar-refractivity contribution in [3.8, 4) is 0 Å². The number of fused-ring (bicyclic) bond motifs is 1. The van der Waals surface area contributed by atoms with E-state index in [-0.39, 0.29) is 11.4 Å². The summed E-state index contributed by atoms with van der Waals surface area (Å²) in [6.45, 7) is 10.1. The molecule has 0 atom stereocenters. The van der Waals surface area contributed by atoms with Crippen LogP contribution < -0.4 is 5.32 Å². The van der Waals surface area contributed by atoms with Gasteiger partial charge in [0, 0.05) is 17.5 Å². The lowest BCUT2D eigenvalue weighted by molar-refractivity contribution is -0.116. The Bertz CT molecular complexity index is 896. The van der Waals surface area contributed by atoms with Gasteiger partial charge in [0.15, 0.2) is 0 Å². The van der Waals surface area contributed by atoms with Crippen molar-refractivity contribution in [1.82, 2.24) is 14.7 Å². The van der Waals surface area contributed by atoms with Gasteiger partial charge < -0.3 is 9.09 Å². The fourth-order valence-electron chi connectivity index (χ4n) is 3.07. The number of rotatable bonds is 4. The Morgan fingerprint density at radius 1 is 1.24 bits per heavy atom. The highest BCUT2D eigenvalue weighted by Crippen LogP contribution is 2.28. The van der Waals surface area contributed by atoms with Gasteiger partial charge >= 0.3 is 0 Å². The van der Waals surface area contributed by atoms with Crippen molar-refractivity contribution in [3.63, 3.8) is 0 Å². The highest BCUT2D eigenvalue weighted by molar-refractivity contribution is 5.91. The maximum absolute atomic E-state index is 12.5. The smallest absolute Gasteiger partial charge is 0.227 e. The zero-order valence-electron chi connectivity index (χ0n) is 15.4. The minimum atomic E-state index is -0.194. The molecule has 0 radical (unpaired) electrons. The Kier molecular flexibility index (Phi) is 4.37. The number of para-hydroxylation sites is 2. The summed E-state index contributed by atoms with van der Waals surface area (Å²) in [7, 11) is 0. The third kappa shape index (κ3) is 3.43. The van der Waals surface area contributed by atoms with Crippen LogP contribution in [-0.2, 0) is 16.8 Å². The number of carbonyl (C=O) groups is 1. The van der Waals surface area contributed by atoms with Gasteiger partial charge in [-0.3, -0.25) is 10.1 Å². The fraction of sp³-hybridized carbons (Fsp3) is 0.421. The maximum Gasteiger partial charge on any atom is 0.227 e. The topological polar surface area (TPSA) is 73.0 Å². The molecule has 1 amide bonds. The second-order valence-electron chi connectivity index (χ2n) is 7.28. The van der Waals surface area contributed by atoms with Crippen molar-refractivity contribution in [3.05, 3.63) is 41.3 Å². The molecule has 1 aromatic carbocycles. The van der Waals surface area contributed by atoms with Crippen LogP contribution in [0.3, 0.4) is 0 Å². The summed E-state index contributed by atoms with van der Waals surface area (Å²) < 4.78 is 7.22. The van der Waals surface area contributed by atoms with Crippen LogP contribution in [0.25, 0.3) is 11.0 Å². The van der Waals surface area contributed by atoms with E-state index in [1.807, 2.05) is 38.1 Å². The number of aromatic nitrogens is 3. The summed E-state index contributed by atoms with van der Waals surface area (Å²) in [4.78, 5) is 17.1. The molecule has 1 N–H and O–H groups in total. The SMILES string of the molecule is Cc1noc(C)c1CCC(=O)Nc1nc2ccccc2n1C(C)(C)C. The Balaban J connectivity index is 1.81. The minimum absolute atomic E-state index is 0.0687. The molecule has 0 saturated heterocycles. The van der Waals surface area contributed by atoms with Crippen LogP contribution in [0.2, 0.25) is 0 Å². The van der Waals surface area contributed by atoms with Gasteiger partial charge in [0.05, 0.1) is 16.7 Å². The lowest BCUT2D eigenvalue weighted by Crippen LogP contribution is -2.26. The molecule has 0 aliphatic rings. The summed E-state index contributed by atoms with van der Waals surface area (Å²) in [5.41, 5.74) is 3.53. The third-order valence-electron chi connectivity index (χ3n) is 4.27. The predicted molar refractivity (Wildman–Crippen MR) is 97.7 cm³/mol. The molecule has 2 heterocycles. The second-order valence-corrected chi connectivity index (χ2v) is 7.28. The summed E-state index contributed by atoms with van der Waals surface area (Å²) >= 11 is 0. The number of nitrogens with zero attached hydrogens (tertiary/aromatic N) is 3. The van der Waals surface area contributed by atoms with Gasteiger partial charge in [-0.05, 0) is 53.2 Å². The van der Waals surface area contributed by atoms with Crippen molar-refractivity contribution in [2.75, 3.05) is 5.32 Å². The van der Waals surface area contributed by atoms with E-state index in [0.29, 0.717) is 18.8 Å². The first-order chi connectivity index (χ1) is 11.8. The monoisotopic (exact) mass is 340 g/mol. The zero-order valence-corrected chi connectivity index (χ0v) is 15.4. The van der Waals surface area contributed by atoms with E-state index >= 15 is 0 Å². The van der Waals surface area contributed by atoms with Crippen molar-refractivity contribution in [2.24, 2.45) is 0 Å². The molecule has 0 unspecified atom stereocenters. The van der Waals surface area contributed by atoms with Gasteiger partial charge in [-0.25, -0.2) is 4.98 Å². The van der Waals surface area contributed by atoms with Gasteiger partial charge in [-0.2, -0.15) is 0 Å². The summed E-state index contributed by atoms with van der Waals surface area (Å²) in [6.07, 6.45) is 0.957. The van der Waals surface area contributed by atoms with Crippen molar-refractivity contribution >= 4 is 22.9 Å². The van der Waals surface area contributed by atoms with Gasteiger partial charge in [0.1, 0.15) is 5.76 Å². The lowest BCUT2D eigenvalue weighted by atomic mass is 10.1. The maximum atomic E-state index is 12.5. The van der Waals surface area contributed by atoms with Gasteiger partial charge in [0.2, 0.25) is 11.9 Å². The zero-order chi connectivity index (χ0) is 18.2. The minimum Gasteiger partial charge on any atom is -0.361 e. The molecule has 6 nitrogen and oxygen atoms in total. The Morgan fingerprint density at radius 3 is 2.60 bits per heavy atom. The molecule has 0 saturated carbocycles. The first-order valence-electron chi connectivity index (χ1n) is 8.47. The van der Waals surface area contributed by atoms with E-state index in [4.69, 9.17) is 4.52 Å². The number of nitrogens with one attached hydrogen (secondary N) is 1. The molecular formula is C19H24N4O2. The van der Waals surface area contributed by atoms with Crippen LogP contribution in [0.1, 0.15) is 44.2 Å². The van der Waals surface area contributed by atoms with Gasteiger partial charge in [0.25, 0.3) is 0 Å². The van der Waals surface area contributed by atoms with E-state index in [1.165, 1.54) is 0 Å². The number of imidazole rings is 1. The van der Waals surface area contributed by atoms with Crippen LogP contribution in [0.15, 0.2) is 28.8 Å². The molecule has 3 rings (SSSR count). The van der Waals surface area contributed by atoms with Crippen LogP contribution in [0.5, 0.6) is 0 Å². The van der Waals surface area contributed by atoms with E-state index in [1.54, 1.807) is 0 Å². The number of benzene rings is 1. The number of hydrogen-bond donors (Lipinski definition) is 1. The first kappa shape index (κ1) is 17.2. The molecule has 132 valence electrons. The van der Waals surface area contributed by atoms with Crippen LogP contribution in [0, 0.1) is 13.8 Å². The Hall–Kier alpha value is -2.63. The second kappa shape index (κ2) is 6.35. The normalized spacial score (nSPS) is 11.9. The van der Waals surface area contributed by atoms with E-state index < -0.39 is 0 Å². The number of hydrogen-bond acceptors (Lipinski definition) is 4. The number of carbonyl (C=O) groups excluding carboxylic acids is 1. The van der Waals surface area contributed by atoms with Crippen molar-refractivity contribution in [2.45, 2.75) is 53.0 Å². The Labute approximate surface area is 147 Å². The molecule has 6 heteroatoms. The molecule has 0 fully saturated rings. The summed E-state index contributed by atoms with van der Waals surface area (Å²) in [6, 6.07) is 7.91. The van der Waals surface area contributed by atoms with Crippen LogP contribution in [0.4, 0.5) is 5.95 Å². The largest absolute Gasteiger partial charge is 0.361 e. The molecular weight excluding hydrogens is 316 g/mol. The third-order valence-corrected chi connectivity index (χ3v) is 4.27. The van der Waals surface area contributed by atoms with Crippen LogP contribution in [-0.4, -0.2) is 20.6 Å². The molecule has 2 aromatic heterocycles. The molecule has 25 heavy (non-hydrogen) atoms. The fourth-order valence-corrected chi connectivity index (χ4v) is 3.07. The average Bonchev–Trinajstić information content (AvgIpc) is 3.05. The van der Waals surface area contributed by atoms with E-state index in [0.717, 1.165) is 28.1 Å². The Morgan fingerprint density at radius 2 is 1.96 bits per heavy atom. The van der Waals surface area contributed by atoms with Crippen molar-refractivity contribution in [1.29, 1.82) is 0 Å². The standard InChI is InChI=1S/C19H24N4O2/c1-12-14(13(2)25-22-12)10-11-17(24)21-18-20-15-8-6-7-9-16(15)23(18)19(3,4)5/h6-9H,10-11H2,1-5H3,(H,20,21,24). The molecule has 0 aliphatic heterocycles. The number of amides is 1. The van der Waals surface area contributed by atoms with E-state index in [2.05, 4.69) is 40.8 Å². The highest BCUT2D eigenvalue weighted by Gasteiger charge is 2.22. The molecule has 0 bridgehead atoms. The van der Waals surface area contributed by atoms with Gasteiger partial charge in [-0.15, -0.1) is 0 Å².